The lowest BCUT2D eigenvalue weighted by Crippen LogP contribution is -1.82. The molecule has 0 aliphatic heterocycles. The fraction of sp³-hybridized carbons (Fsp3) is 0.200. The van der Waals surface area contributed by atoms with Gasteiger partial charge in [0.15, 0.2) is 0 Å². The third-order valence-corrected chi connectivity index (χ3v) is 2.30. The minimum absolute atomic E-state index is 0.168. The Bertz CT molecular complexity index is 310. The minimum atomic E-state index is -0.352. The van der Waals surface area contributed by atoms with Crippen molar-refractivity contribution < 1.29 is 4.39 Å². The number of allylic oxidation sites excluding steroid dienone is 1. The van der Waals surface area contributed by atoms with E-state index in [0.717, 1.165) is 11.8 Å². The summed E-state index contributed by atoms with van der Waals surface area (Å²) in [6.07, 6.45) is 4.53. The average Bonchev–Trinajstić information content (AvgIpc) is 2.13. The summed E-state index contributed by atoms with van der Waals surface area (Å²) < 4.78 is 13.2. The quantitative estimate of drug-likeness (QED) is 0.714. The van der Waals surface area contributed by atoms with Crippen LogP contribution in [0.15, 0.2) is 24.3 Å². The summed E-state index contributed by atoms with van der Waals surface area (Å²) in [6.45, 7) is 0. The molecule has 0 aliphatic rings. The van der Waals surface area contributed by atoms with Gasteiger partial charge in [0.05, 0.1) is 5.02 Å². The van der Waals surface area contributed by atoms with Crippen molar-refractivity contribution in [1.29, 1.82) is 0 Å². The van der Waals surface area contributed by atoms with Gasteiger partial charge in [-0.1, -0.05) is 51.8 Å². The maximum absolute atomic E-state index is 13.2. The van der Waals surface area contributed by atoms with Crippen molar-refractivity contribution in [1.82, 2.24) is 0 Å². The second-order valence-corrected chi connectivity index (χ2v) is 3.72. The smallest absolute Gasteiger partial charge is 0.148 e. The molecule has 0 heterocycles. The van der Waals surface area contributed by atoms with Crippen molar-refractivity contribution in [2.45, 2.75) is 6.42 Å². The minimum Gasteiger partial charge on any atom is -0.205 e. The van der Waals surface area contributed by atoms with E-state index in [4.69, 9.17) is 11.6 Å². The van der Waals surface area contributed by atoms with Crippen LogP contribution in [0.1, 0.15) is 12.0 Å². The van der Waals surface area contributed by atoms with Gasteiger partial charge in [-0.2, -0.15) is 0 Å². The number of rotatable bonds is 3. The zero-order valence-electron chi connectivity index (χ0n) is 6.93. The maximum Gasteiger partial charge on any atom is 0.148 e. The average molecular weight is 264 g/mol. The standard InChI is InChI=1S/C10H9BrClF/c11-7-2-1-4-8-5-3-6-9(12)10(8)13/h1,3-6H,2,7H2. The highest BCUT2D eigenvalue weighted by Crippen LogP contribution is 2.18. The van der Waals surface area contributed by atoms with E-state index in [1.165, 1.54) is 0 Å². The predicted octanol–water partition coefficient (Wildman–Crippen LogP) is 4.28. The zero-order chi connectivity index (χ0) is 9.68. The monoisotopic (exact) mass is 262 g/mol. The molecule has 70 valence electrons. The van der Waals surface area contributed by atoms with Gasteiger partial charge in [0, 0.05) is 10.9 Å². The summed E-state index contributed by atoms with van der Waals surface area (Å²) in [7, 11) is 0. The van der Waals surface area contributed by atoms with E-state index >= 15 is 0 Å². The summed E-state index contributed by atoms with van der Waals surface area (Å²) in [5, 5.41) is 1.05. The topological polar surface area (TPSA) is 0 Å². The van der Waals surface area contributed by atoms with Gasteiger partial charge in [0.1, 0.15) is 5.82 Å². The molecule has 0 radical (unpaired) electrons. The van der Waals surface area contributed by atoms with E-state index in [9.17, 15) is 4.39 Å². The van der Waals surface area contributed by atoms with Crippen LogP contribution in [0.3, 0.4) is 0 Å². The van der Waals surface area contributed by atoms with Gasteiger partial charge in [0.2, 0.25) is 0 Å². The maximum atomic E-state index is 13.2. The Balaban J connectivity index is 2.83. The lowest BCUT2D eigenvalue weighted by molar-refractivity contribution is 0.625. The molecule has 1 aromatic carbocycles. The Hall–Kier alpha value is -0.340. The predicted molar refractivity (Wildman–Crippen MR) is 58.9 cm³/mol. The molecule has 0 saturated carbocycles. The summed E-state index contributed by atoms with van der Waals surface area (Å²) in [5.41, 5.74) is 0.536. The van der Waals surface area contributed by atoms with Crippen molar-refractivity contribution in [2.75, 3.05) is 5.33 Å². The molecule has 0 amide bonds. The molecule has 0 atom stereocenters. The Kier molecular flexibility index (Phi) is 4.46. The molecule has 3 heteroatoms. The fourth-order valence-corrected chi connectivity index (χ4v) is 1.37. The van der Waals surface area contributed by atoms with Gasteiger partial charge in [-0.25, -0.2) is 4.39 Å². The van der Waals surface area contributed by atoms with Gasteiger partial charge < -0.3 is 0 Å². The fourth-order valence-electron chi connectivity index (χ4n) is 0.922. The van der Waals surface area contributed by atoms with E-state index in [0.29, 0.717) is 5.56 Å². The number of halogens is 3. The molecule has 0 N–H and O–H groups in total. The highest BCUT2D eigenvalue weighted by molar-refractivity contribution is 9.09. The van der Waals surface area contributed by atoms with Crippen LogP contribution in [0.5, 0.6) is 0 Å². The molecule has 0 saturated heterocycles. The molecule has 0 fully saturated rings. The lowest BCUT2D eigenvalue weighted by atomic mass is 10.2. The van der Waals surface area contributed by atoms with Gasteiger partial charge in [-0.15, -0.1) is 0 Å². The highest BCUT2D eigenvalue weighted by Gasteiger charge is 2.01. The SMILES string of the molecule is Fc1c(Cl)cccc1C=CCCBr. The van der Waals surface area contributed by atoms with Crippen LogP contribution in [0.2, 0.25) is 5.02 Å². The van der Waals surface area contributed by atoms with Gasteiger partial charge >= 0.3 is 0 Å². The van der Waals surface area contributed by atoms with E-state index < -0.39 is 0 Å². The van der Waals surface area contributed by atoms with Crippen molar-refractivity contribution in [3.05, 3.63) is 40.7 Å². The highest BCUT2D eigenvalue weighted by atomic mass is 79.9. The Morgan fingerprint density at radius 3 is 2.92 bits per heavy atom. The Morgan fingerprint density at radius 2 is 2.23 bits per heavy atom. The molecule has 13 heavy (non-hydrogen) atoms. The normalized spacial score (nSPS) is 11.0. The largest absolute Gasteiger partial charge is 0.205 e. The van der Waals surface area contributed by atoms with Crippen molar-refractivity contribution in [3.8, 4) is 0 Å². The van der Waals surface area contributed by atoms with Crippen LogP contribution >= 0.6 is 27.5 Å². The number of benzene rings is 1. The van der Waals surface area contributed by atoms with E-state index in [2.05, 4.69) is 15.9 Å². The van der Waals surface area contributed by atoms with Crippen LogP contribution in [-0.2, 0) is 0 Å². The lowest BCUT2D eigenvalue weighted by Gasteiger charge is -1.97. The molecular weight excluding hydrogens is 254 g/mol. The van der Waals surface area contributed by atoms with Crippen LogP contribution in [0.25, 0.3) is 6.08 Å². The molecule has 1 aromatic rings. The van der Waals surface area contributed by atoms with Gasteiger partial charge in [-0.05, 0) is 12.5 Å². The van der Waals surface area contributed by atoms with E-state index in [1.54, 1.807) is 24.3 Å². The van der Waals surface area contributed by atoms with Crippen LogP contribution in [0.4, 0.5) is 4.39 Å². The number of alkyl halides is 1. The van der Waals surface area contributed by atoms with E-state index in [-0.39, 0.29) is 10.8 Å². The Morgan fingerprint density at radius 1 is 1.46 bits per heavy atom. The first-order chi connectivity index (χ1) is 6.25. The molecule has 0 nitrogen and oxygen atoms in total. The molecular formula is C10H9BrClF. The van der Waals surface area contributed by atoms with Gasteiger partial charge in [-0.3, -0.25) is 0 Å². The molecule has 0 spiro atoms. The summed E-state index contributed by atoms with van der Waals surface area (Å²) in [4.78, 5) is 0. The van der Waals surface area contributed by atoms with Gasteiger partial charge in [0.25, 0.3) is 0 Å². The molecule has 0 aromatic heterocycles. The van der Waals surface area contributed by atoms with Crippen LogP contribution in [0, 0.1) is 5.82 Å². The van der Waals surface area contributed by atoms with Crippen molar-refractivity contribution in [2.24, 2.45) is 0 Å². The summed E-state index contributed by atoms with van der Waals surface area (Å²) >= 11 is 8.89. The zero-order valence-corrected chi connectivity index (χ0v) is 9.28. The molecule has 0 aliphatic carbocycles. The first kappa shape index (κ1) is 10.7. The third kappa shape index (κ3) is 3.12. The van der Waals surface area contributed by atoms with Crippen molar-refractivity contribution >= 4 is 33.6 Å². The third-order valence-electron chi connectivity index (χ3n) is 1.55. The molecule has 0 unspecified atom stereocenters. The van der Waals surface area contributed by atoms with Crippen LogP contribution in [-0.4, -0.2) is 5.33 Å². The number of hydrogen-bond acceptors (Lipinski definition) is 0. The summed E-state index contributed by atoms with van der Waals surface area (Å²) in [5.74, 6) is -0.352. The van der Waals surface area contributed by atoms with E-state index in [1.807, 2.05) is 6.08 Å². The molecule has 0 bridgehead atoms. The second-order valence-electron chi connectivity index (χ2n) is 2.52. The second kappa shape index (κ2) is 5.40. The van der Waals surface area contributed by atoms with Crippen LogP contribution < -0.4 is 0 Å². The molecule has 1 rings (SSSR count). The summed E-state index contributed by atoms with van der Waals surface area (Å²) in [6, 6.07) is 4.98. The Labute approximate surface area is 90.5 Å². The first-order valence-corrected chi connectivity index (χ1v) is 5.42. The first-order valence-electron chi connectivity index (χ1n) is 3.92. The van der Waals surface area contributed by atoms with Crippen molar-refractivity contribution in [3.63, 3.8) is 0 Å². The number of hydrogen-bond donors (Lipinski definition) is 0.